The summed E-state index contributed by atoms with van der Waals surface area (Å²) in [6.07, 6.45) is 3.53. The van der Waals surface area contributed by atoms with Crippen LogP contribution in [0, 0.1) is 0 Å². The Morgan fingerprint density at radius 2 is 2.07 bits per heavy atom. The van der Waals surface area contributed by atoms with Crippen LogP contribution >= 0.6 is 11.5 Å². The summed E-state index contributed by atoms with van der Waals surface area (Å²) >= 11 is 1.38. The van der Waals surface area contributed by atoms with Crippen molar-refractivity contribution in [1.29, 1.82) is 0 Å². The summed E-state index contributed by atoms with van der Waals surface area (Å²) in [5.41, 5.74) is 3.17. The molecule has 0 spiro atoms. The van der Waals surface area contributed by atoms with Gasteiger partial charge in [0.15, 0.2) is 18.8 Å². The first kappa shape index (κ1) is 29.0. The number of aliphatic hydroxyl groups is 1. The van der Waals surface area contributed by atoms with Crippen molar-refractivity contribution in [2.24, 2.45) is 0 Å². The van der Waals surface area contributed by atoms with Crippen molar-refractivity contribution >= 4 is 32.7 Å². The number of benzene rings is 2. The van der Waals surface area contributed by atoms with E-state index in [1.807, 2.05) is 30.3 Å². The Bertz CT molecular complexity index is 1600. The zero-order valence-electron chi connectivity index (χ0n) is 23.7. The summed E-state index contributed by atoms with van der Waals surface area (Å²) in [5.74, 6) is 0.840. The van der Waals surface area contributed by atoms with Gasteiger partial charge in [0, 0.05) is 32.2 Å². The molecule has 0 aliphatic carbocycles. The highest BCUT2D eigenvalue weighted by molar-refractivity contribution is 7.14. The quantitative estimate of drug-likeness (QED) is 0.251. The molecule has 2 saturated heterocycles. The molecule has 2 aliphatic rings. The molecule has 4 heterocycles. The minimum absolute atomic E-state index is 0.0377. The van der Waals surface area contributed by atoms with Crippen LogP contribution in [0.25, 0.3) is 32.4 Å². The van der Waals surface area contributed by atoms with E-state index in [1.54, 1.807) is 18.2 Å². The molecule has 4 aromatic rings. The van der Waals surface area contributed by atoms with Gasteiger partial charge < -0.3 is 33.5 Å². The molecule has 0 radical (unpaired) electrons. The summed E-state index contributed by atoms with van der Waals surface area (Å²) in [6.45, 7) is 1.93. The maximum atomic E-state index is 13.3. The number of nitrogens with zero attached hydrogens (tertiary/aromatic N) is 3. The van der Waals surface area contributed by atoms with E-state index in [4.69, 9.17) is 38.4 Å². The van der Waals surface area contributed by atoms with Gasteiger partial charge in [0.05, 0.1) is 48.1 Å². The number of aliphatic hydroxyl groups excluding tert-OH is 1. The fourth-order valence-corrected chi connectivity index (χ4v) is 6.52. The molecule has 42 heavy (non-hydrogen) atoms. The molecule has 0 amide bonds. The van der Waals surface area contributed by atoms with Crippen LogP contribution < -0.4 is 15.0 Å². The van der Waals surface area contributed by atoms with Crippen LogP contribution in [-0.4, -0.2) is 71.8 Å². The molecule has 12 heteroatoms. The third kappa shape index (κ3) is 6.14. The van der Waals surface area contributed by atoms with Crippen LogP contribution in [-0.2, 0) is 32.1 Å². The first-order valence-corrected chi connectivity index (χ1v) is 15.0. The maximum Gasteiger partial charge on any atom is 0.268 e. The number of rotatable bonds is 11. The Balaban J connectivity index is 1.36. The van der Waals surface area contributed by atoms with Gasteiger partial charge >= 0.3 is 0 Å². The van der Waals surface area contributed by atoms with Gasteiger partial charge in [-0.3, -0.25) is 8.75 Å². The van der Waals surface area contributed by atoms with E-state index in [0.717, 1.165) is 35.1 Å². The Labute approximate surface area is 247 Å². The van der Waals surface area contributed by atoms with E-state index in [-0.39, 0.29) is 24.7 Å². The summed E-state index contributed by atoms with van der Waals surface area (Å²) < 4.78 is 36.7. The summed E-state index contributed by atoms with van der Waals surface area (Å²) in [5, 5.41) is 10.4. The zero-order valence-corrected chi connectivity index (χ0v) is 24.6. The fraction of sp³-hybridized carbons (Fsp3) is 0.500. The number of aromatic nitrogens is 3. The smallest absolute Gasteiger partial charge is 0.268 e. The number of hydrogen-bond acceptors (Lipinski definition) is 11. The van der Waals surface area contributed by atoms with Crippen molar-refractivity contribution in [3.63, 3.8) is 0 Å². The maximum absolute atomic E-state index is 13.3. The molecular weight excluding hydrogens is 562 g/mol. The lowest BCUT2D eigenvalue weighted by Gasteiger charge is -2.23. The molecule has 224 valence electrons. The second-order valence-electron chi connectivity index (χ2n) is 10.5. The molecule has 3 atom stereocenters. The third-order valence-electron chi connectivity index (χ3n) is 7.50. The van der Waals surface area contributed by atoms with Gasteiger partial charge in [0.25, 0.3) is 5.56 Å². The highest BCUT2D eigenvalue weighted by Crippen LogP contribution is 2.37. The number of methoxy groups -OCH3 is 2. The van der Waals surface area contributed by atoms with Crippen molar-refractivity contribution in [3.05, 3.63) is 46.2 Å². The molecule has 2 fully saturated rings. The van der Waals surface area contributed by atoms with Gasteiger partial charge in [-0.25, -0.2) is 9.97 Å². The van der Waals surface area contributed by atoms with E-state index >= 15 is 0 Å². The largest absolute Gasteiger partial charge is 0.479 e. The lowest BCUT2D eigenvalue weighted by atomic mass is 10.1. The second kappa shape index (κ2) is 13.0. The molecule has 6 rings (SSSR count). The van der Waals surface area contributed by atoms with E-state index < -0.39 is 6.10 Å². The number of aryl methyl sites for hydroxylation is 1. The lowest BCUT2D eigenvalue weighted by Crippen LogP contribution is -2.22. The van der Waals surface area contributed by atoms with Crippen molar-refractivity contribution in [3.8, 4) is 22.9 Å². The summed E-state index contributed by atoms with van der Waals surface area (Å²) in [7, 11) is 3.11. The first-order valence-electron chi connectivity index (χ1n) is 14.2. The van der Waals surface area contributed by atoms with E-state index in [2.05, 4.69) is 0 Å². The SMILES string of the molecule is COCOc1cc(COC2CCCCO2)cc2nc(OC)c(-c3cccc4c(=O)n(CC[C@@H]5C[C@@H](O)CO5)sc34)nc12. The predicted molar refractivity (Wildman–Crippen MR) is 157 cm³/mol. The first-order chi connectivity index (χ1) is 20.5. The molecular formula is C30H35N3O8S. The molecule has 1 unspecified atom stereocenters. The van der Waals surface area contributed by atoms with Gasteiger partial charge in [-0.05, 0) is 49.4 Å². The number of ether oxygens (including phenoxy) is 6. The number of hydrogen-bond donors (Lipinski definition) is 1. The molecule has 0 saturated carbocycles. The third-order valence-corrected chi connectivity index (χ3v) is 8.70. The van der Waals surface area contributed by atoms with Crippen molar-refractivity contribution in [2.45, 2.75) is 63.8 Å². The molecule has 1 N–H and O–H groups in total. The lowest BCUT2D eigenvalue weighted by molar-refractivity contribution is -0.168. The van der Waals surface area contributed by atoms with E-state index in [9.17, 15) is 9.90 Å². The van der Waals surface area contributed by atoms with Gasteiger partial charge in [-0.1, -0.05) is 23.7 Å². The van der Waals surface area contributed by atoms with Crippen LogP contribution in [0.15, 0.2) is 35.1 Å². The monoisotopic (exact) mass is 597 g/mol. The van der Waals surface area contributed by atoms with Crippen LogP contribution in [0.5, 0.6) is 11.6 Å². The number of fused-ring (bicyclic) bond motifs is 2. The van der Waals surface area contributed by atoms with Gasteiger partial charge in [-0.15, -0.1) is 0 Å². The summed E-state index contributed by atoms with van der Waals surface area (Å²) in [4.78, 5) is 23.1. The minimum atomic E-state index is -0.438. The second-order valence-corrected chi connectivity index (χ2v) is 11.5. The Kier molecular flexibility index (Phi) is 8.98. The molecule has 2 aromatic heterocycles. The molecule has 2 aliphatic heterocycles. The van der Waals surface area contributed by atoms with Gasteiger partial charge in [0.2, 0.25) is 5.88 Å². The van der Waals surface area contributed by atoms with Crippen LogP contribution in [0.2, 0.25) is 0 Å². The predicted octanol–water partition coefficient (Wildman–Crippen LogP) is 4.25. The van der Waals surface area contributed by atoms with Crippen molar-refractivity contribution in [2.75, 3.05) is 34.2 Å². The van der Waals surface area contributed by atoms with E-state index in [1.165, 1.54) is 11.5 Å². The average Bonchev–Trinajstić information content (AvgIpc) is 3.59. The summed E-state index contributed by atoms with van der Waals surface area (Å²) in [6, 6.07) is 9.37. The highest BCUT2D eigenvalue weighted by atomic mass is 32.1. The normalized spacial score (nSPS) is 20.9. The molecule has 0 bridgehead atoms. The topological polar surface area (TPSA) is 123 Å². The van der Waals surface area contributed by atoms with Crippen LogP contribution in [0.1, 0.15) is 37.7 Å². The van der Waals surface area contributed by atoms with Gasteiger partial charge in [0.1, 0.15) is 11.2 Å². The highest BCUT2D eigenvalue weighted by Gasteiger charge is 2.25. The standard InChI is InChI=1S/C30H35N3O8S/c1-36-17-41-24-13-18(15-40-25-8-3-4-11-38-25)12-23-27(24)32-26(29(31-23)37-2)21-6-5-7-22-28(21)42-33(30(22)35)10-9-20-14-19(34)16-39-20/h5-7,12-13,19-20,25,34H,3-4,8-11,14-17H2,1-2H3/t19-,20-,25?/m1/s1. The fourth-order valence-electron chi connectivity index (χ4n) is 5.41. The van der Waals surface area contributed by atoms with E-state index in [0.29, 0.717) is 73.0 Å². The van der Waals surface area contributed by atoms with Gasteiger partial charge in [-0.2, -0.15) is 0 Å². The molecule has 11 nitrogen and oxygen atoms in total. The Morgan fingerprint density at radius 1 is 1.17 bits per heavy atom. The Hall–Kier alpha value is -3.13. The van der Waals surface area contributed by atoms with Crippen molar-refractivity contribution < 1.29 is 33.5 Å². The van der Waals surface area contributed by atoms with Crippen LogP contribution in [0.3, 0.4) is 0 Å². The zero-order chi connectivity index (χ0) is 29.1. The van der Waals surface area contributed by atoms with Crippen LogP contribution in [0.4, 0.5) is 0 Å². The molecule has 2 aromatic carbocycles. The minimum Gasteiger partial charge on any atom is -0.479 e. The Morgan fingerprint density at radius 3 is 2.83 bits per heavy atom. The van der Waals surface area contributed by atoms with Crippen molar-refractivity contribution in [1.82, 2.24) is 13.9 Å². The average molecular weight is 598 g/mol.